The first-order chi connectivity index (χ1) is 12.6. The number of anilines is 1. The van der Waals surface area contributed by atoms with Gasteiger partial charge < -0.3 is 19.2 Å². The van der Waals surface area contributed by atoms with Crippen LogP contribution in [0.2, 0.25) is 0 Å². The van der Waals surface area contributed by atoms with Crippen LogP contribution in [0.5, 0.6) is 5.75 Å². The van der Waals surface area contributed by atoms with E-state index in [1.165, 1.54) is 12.3 Å². The van der Waals surface area contributed by atoms with Crippen LogP contribution in [0.1, 0.15) is 5.76 Å². The summed E-state index contributed by atoms with van der Waals surface area (Å²) in [6.07, 6.45) is 1.25. The van der Waals surface area contributed by atoms with Crippen LogP contribution in [0, 0.1) is 0 Å². The zero-order valence-corrected chi connectivity index (χ0v) is 15.7. The lowest BCUT2D eigenvalue weighted by molar-refractivity contribution is -0.118. The van der Waals surface area contributed by atoms with Crippen LogP contribution in [0.25, 0.3) is 0 Å². The fraction of sp³-hybridized carbons (Fsp3) is 0.333. The van der Waals surface area contributed by atoms with E-state index in [9.17, 15) is 9.59 Å². The molecule has 26 heavy (non-hydrogen) atoms. The zero-order valence-electron chi connectivity index (χ0n) is 14.1. The van der Waals surface area contributed by atoms with E-state index in [0.29, 0.717) is 31.2 Å². The van der Waals surface area contributed by atoms with Crippen molar-refractivity contribution in [3.05, 3.63) is 57.1 Å². The van der Waals surface area contributed by atoms with Gasteiger partial charge in [0.1, 0.15) is 12.0 Å². The Morgan fingerprint density at radius 3 is 2.81 bits per heavy atom. The molecule has 1 amide bonds. The van der Waals surface area contributed by atoms with Crippen molar-refractivity contribution in [2.45, 2.75) is 6.54 Å². The van der Waals surface area contributed by atoms with Crippen LogP contribution in [0.4, 0.5) is 5.69 Å². The third kappa shape index (κ3) is 5.42. The average Bonchev–Trinajstić information content (AvgIpc) is 2.62. The number of rotatable bonds is 6. The van der Waals surface area contributed by atoms with Gasteiger partial charge in [-0.25, -0.2) is 0 Å². The monoisotopic (exact) mass is 422 g/mol. The molecule has 0 saturated carbocycles. The fourth-order valence-electron chi connectivity index (χ4n) is 2.51. The molecule has 2 heterocycles. The average molecular weight is 423 g/mol. The van der Waals surface area contributed by atoms with Gasteiger partial charge in [-0.1, -0.05) is 22.0 Å². The van der Waals surface area contributed by atoms with E-state index in [-0.39, 0.29) is 23.7 Å². The van der Waals surface area contributed by atoms with Crippen LogP contribution in [0.15, 0.2) is 50.3 Å². The summed E-state index contributed by atoms with van der Waals surface area (Å²) in [6, 6.07) is 8.60. The number of halogens is 1. The Labute approximate surface area is 159 Å². The van der Waals surface area contributed by atoms with Gasteiger partial charge in [0.25, 0.3) is 5.91 Å². The number of nitrogens with one attached hydrogen (secondary N) is 1. The lowest BCUT2D eigenvalue weighted by atomic mass is 10.3. The number of morpholine rings is 1. The second-order valence-corrected chi connectivity index (χ2v) is 6.73. The Balaban J connectivity index is 1.53. The predicted octanol–water partition coefficient (Wildman–Crippen LogP) is 2.25. The highest BCUT2D eigenvalue weighted by molar-refractivity contribution is 9.10. The third-order valence-electron chi connectivity index (χ3n) is 3.80. The number of ether oxygens (including phenoxy) is 2. The molecule has 1 saturated heterocycles. The molecule has 138 valence electrons. The number of hydrogen-bond acceptors (Lipinski definition) is 6. The third-order valence-corrected chi connectivity index (χ3v) is 4.30. The SMILES string of the molecule is O=C(COc1coc(CN2CCOCC2)cc1=O)Nc1cccc(Br)c1. The molecule has 1 N–H and O–H groups in total. The van der Waals surface area contributed by atoms with Gasteiger partial charge in [0.05, 0.1) is 19.8 Å². The van der Waals surface area contributed by atoms with E-state index >= 15 is 0 Å². The van der Waals surface area contributed by atoms with Gasteiger partial charge in [0, 0.05) is 29.3 Å². The largest absolute Gasteiger partial charge is 0.477 e. The molecular formula is C18H19BrN2O5. The van der Waals surface area contributed by atoms with Crippen molar-refractivity contribution in [2.75, 3.05) is 38.2 Å². The Morgan fingerprint density at radius 1 is 1.27 bits per heavy atom. The molecule has 7 nitrogen and oxygen atoms in total. The summed E-state index contributed by atoms with van der Waals surface area (Å²) >= 11 is 3.33. The molecule has 1 aromatic heterocycles. The van der Waals surface area contributed by atoms with Crippen molar-refractivity contribution in [3.8, 4) is 5.75 Å². The highest BCUT2D eigenvalue weighted by Gasteiger charge is 2.14. The van der Waals surface area contributed by atoms with E-state index in [2.05, 4.69) is 26.1 Å². The van der Waals surface area contributed by atoms with Gasteiger partial charge in [-0.3, -0.25) is 14.5 Å². The van der Waals surface area contributed by atoms with Gasteiger partial charge in [-0.05, 0) is 18.2 Å². The summed E-state index contributed by atoms with van der Waals surface area (Å²) in [5.41, 5.74) is 0.329. The smallest absolute Gasteiger partial charge is 0.262 e. The summed E-state index contributed by atoms with van der Waals surface area (Å²) in [5, 5.41) is 2.69. The first kappa shape index (κ1) is 18.6. The van der Waals surface area contributed by atoms with Gasteiger partial charge in [-0.15, -0.1) is 0 Å². The predicted molar refractivity (Wildman–Crippen MR) is 99.3 cm³/mol. The van der Waals surface area contributed by atoms with Gasteiger partial charge in [0.2, 0.25) is 11.2 Å². The molecule has 0 atom stereocenters. The minimum absolute atomic E-state index is 0.0140. The topological polar surface area (TPSA) is 81.0 Å². The number of amides is 1. The fourth-order valence-corrected chi connectivity index (χ4v) is 2.91. The highest BCUT2D eigenvalue weighted by Crippen LogP contribution is 2.15. The molecule has 1 fully saturated rings. The van der Waals surface area contributed by atoms with Crippen molar-refractivity contribution in [1.29, 1.82) is 0 Å². The molecule has 8 heteroatoms. The second kappa shape index (κ2) is 8.98. The van der Waals surface area contributed by atoms with Crippen LogP contribution in [0.3, 0.4) is 0 Å². The first-order valence-electron chi connectivity index (χ1n) is 8.20. The number of carbonyl (C=O) groups is 1. The molecule has 0 spiro atoms. The normalized spacial score (nSPS) is 14.8. The number of benzene rings is 1. The summed E-state index contributed by atoms with van der Waals surface area (Å²) < 4.78 is 16.9. The molecule has 0 unspecified atom stereocenters. The Hall–Kier alpha value is -2.16. The van der Waals surface area contributed by atoms with Crippen molar-refractivity contribution in [2.24, 2.45) is 0 Å². The van der Waals surface area contributed by atoms with Crippen molar-refractivity contribution >= 4 is 27.5 Å². The van der Waals surface area contributed by atoms with Crippen molar-refractivity contribution in [3.63, 3.8) is 0 Å². The summed E-state index contributed by atoms with van der Waals surface area (Å²) in [6.45, 7) is 3.23. The van der Waals surface area contributed by atoms with Gasteiger partial charge >= 0.3 is 0 Å². The zero-order chi connectivity index (χ0) is 18.4. The molecule has 1 aromatic carbocycles. The minimum atomic E-state index is -0.361. The summed E-state index contributed by atoms with van der Waals surface area (Å²) in [7, 11) is 0. The van der Waals surface area contributed by atoms with Crippen LogP contribution >= 0.6 is 15.9 Å². The number of hydrogen-bond donors (Lipinski definition) is 1. The molecule has 0 bridgehead atoms. The molecule has 3 rings (SSSR count). The van der Waals surface area contributed by atoms with E-state index in [1.54, 1.807) is 12.1 Å². The number of carbonyl (C=O) groups excluding carboxylic acids is 1. The Morgan fingerprint density at radius 2 is 2.08 bits per heavy atom. The summed E-state index contributed by atoms with van der Waals surface area (Å²) in [4.78, 5) is 26.2. The van der Waals surface area contributed by atoms with Crippen molar-refractivity contribution in [1.82, 2.24) is 4.90 Å². The van der Waals surface area contributed by atoms with Crippen LogP contribution < -0.4 is 15.5 Å². The summed E-state index contributed by atoms with van der Waals surface area (Å²) in [5.74, 6) is 0.211. The number of nitrogens with zero attached hydrogens (tertiary/aromatic N) is 1. The van der Waals surface area contributed by atoms with Crippen LogP contribution in [-0.4, -0.2) is 43.7 Å². The lowest BCUT2D eigenvalue weighted by Gasteiger charge is -2.25. The maximum atomic E-state index is 12.1. The van der Waals surface area contributed by atoms with E-state index in [1.807, 2.05) is 12.1 Å². The van der Waals surface area contributed by atoms with E-state index in [0.717, 1.165) is 17.6 Å². The van der Waals surface area contributed by atoms with Gasteiger partial charge in [-0.2, -0.15) is 0 Å². The molecule has 2 aromatic rings. The second-order valence-electron chi connectivity index (χ2n) is 5.81. The molecular weight excluding hydrogens is 404 g/mol. The Bertz CT molecular complexity index is 817. The quantitative estimate of drug-likeness (QED) is 0.768. The van der Waals surface area contributed by atoms with Gasteiger partial charge in [0.15, 0.2) is 6.61 Å². The molecule has 1 aliphatic heterocycles. The standard InChI is InChI=1S/C18H19BrN2O5/c19-13-2-1-3-14(8-13)20-18(23)12-26-17-11-25-15(9-16(17)22)10-21-4-6-24-7-5-21/h1-3,8-9,11H,4-7,10,12H2,(H,20,23). The van der Waals surface area contributed by atoms with E-state index < -0.39 is 0 Å². The minimum Gasteiger partial charge on any atom is -0.477 e. The van der Waals surface area contributed by atoms with E-state index in [4.69, 9.17) is 13.9 Å². The maximum Gasteiger partial charge on any atom is 0.262 e. The highest BCUT2D eigenvalue weighted by atomic mass is 79.9. The molecule has 0 aliphatic carbocycles. The molecule has 0 radical (unpaired) electrons. The molecule has 1 aliphatic rings. The maximum absolute atomic E-state index is 12.1. The van der Waals surface area contributed by atoms with Crippen molar-refractivity contribution < 1.29 is 18.7 Å². The first-order valence-corrected chi connectivity index (χ1v) is 8.99. The lowest BCUT2D eigenvalue weighted by Crippen LogP contribution is -2.35. The van der Waals surface area contributed by atoms with Crippen LogP contribution in [-0.2, 0) is 16.1 Å². The Kier molecular flexibility index (Phi) is 6.43.